The lowest BCUT2D eigenvalue weighted by Crippen LogP contribution is -2.24. The van der Waals surface area contributed by atoms with Crippen LogP contribution in [0.1, 0.15) is 24.4 Å². The zero-order chi connectivity index (χ0) is 14.4. The molecule has 1 aliphatic carbocycles. The molecule has 5 heteroatoms. The number of imidazole rings is 1. The zero-order valence-electron chi connectivity index (χ0n) is 11.4. The molecule has 1 aliphatic rings. The molecule has 0 saturated heterocycles. The summed E-state index contributed by atoms with van der Waals surface area (Å²) in [5, 5.41) is 1.49. The standard InChI is InChI=1S/C16H14ClN3O/c17-15-12(9-11-3-1-2-4-14(11)18-15)10-19-7-8-20(16(19)21)13-5-6-13/h1-4,7-9,13H,5-6,10H2. The number of rotatable bonds is 3. The van der Waals surface area contributed by atoms with Gasteiger partial charge in [-0.1, -0.05) is 29.8 Å². The molecule has 1 saturated carbocycles. The smallest absolute Gasteiger partial charge is 0.296 e. The largest absolute Gasteiger partial charge is 0.328 e. The predicted molar refractivity (Wildman–Crippen MR) is 82.8 cm³/mol. The Labute approximate surface area is 126 Å². The number of hydrogen-bond acceptors (Lipinski definition) is 2. The highest BCUT2D eigenvalue weighted by molar-refractivity contribution is 6.30. The van der Waals surface area contributed by atoms with Crippen molar-refractivity contribution in [2.24, 2.45) is 0 Å². The van der Waals surface area contributed by atoms with Crippen molar-refractivity contribution in [2.45, 2.75) is 25.4 Å². The van der Waals surface area contributed by atoms with Gasteiger partial charge >= 0.3 is 5.69 Å². The van der Waals surface area contributed by atoms with E-state index in [0.29, 0.717) is 17.7 Å². The molecule has 1 aromatic carbocycles. The van der Waals surface area contributed by atoms with Crippen molar-refractivity contribution in [3.05, 3.63) is 63.9 Å². The van der Waals surface area contributed by atoms with Crippen LogP contribution in [0, 0.1) is 0 Å². The molecule has 1 fully saturated rings. The zero-order valence-corrected chi connectivity index (χ0v) is 12.1. The van der Waals surface area contributed by atoms with Crippen molar-refractivity contribution in [3.8, 4) is 0 Å². The van der Waals surface area contributed by atoms with Gasteiger partial charge in [-0.3, -0.25) is 9.13 Å². The Morgan fingerprint density at radius 2 is 2.05 bits per heavy atom. The molecule has 3 aromatic rings. The Bertz CT molecular complexity index is 877. The van der Waals surface area contributed by atoms with Crippen molar-refractivity contribution < 1.29 is 0 Å². The van der Waals surface area contributed by atoms with Gasteiger partial charge in [0.15, 0.2) is 0 Å². The van der Waals surface area contributed by atoms with Crippen LogP contribution in [0.2, 0.25) is 5.15 Å². The lowest BCUT2D eigenvalue weighted by atomic mass is 10.1. The number of benzene rings is 1. The van der Waals surface area contributed by atoms with E-state index in [4.69, 9.17) is 11.6 Å². The van der Waals surface area contributed by atoms with Gasteiger partial charge in [-0.2, -0.15) is 0 Å². The molecule has 2 heterocycles. The predicted octanol–water partition coefficient (Wildman–Crippen LogP) is 3.23. The summed E-state index contributed by atoms with van der Waals surface area (Å²) in [7, 11) is 0. The fourth-order valence-electron chi connectivity index (χ4n) is 2.61. The van der Waals surface area contributed by atoms with Crippen LogP contribution in [0.15, 0.2) is 47.5 Å². The number of fused-ring (bicyclic) bond motifs is 1. The molecular weight excluding hydrogens is 286 g/mol. The molecule has 0 radical (unpaired) electrons. The second kappa shape index (κ2) is 4.74. The number of halogens is 1. The minimum atomic E-state index is 0.0294. The van der Waals surface area contributed by atoms with Gasteiger partial charge in [-0.25, -0.2) is 9.78 Å². The minimum Gasteiger partial charge on any atom is -0.296 e. The molecular formula is C16H14ClN3O. The van der Waals surface area contributed by atoms with Crippen molar-refractivity contribution in [1.29, 1.82) is 0 Å². The maximum Gasteiger partial charge on any atom is 0.328 e. The van der Waals surface area contributed by atoms with Crippen LogP contribution in [0.4, 0.5) is 0 Å². The van der Waals surface area contributed by atoms with E-state index in [9.17, 15) is 4.79 Å². The van der Waals surface area contributed by atoms with Gasteiger partial charge in [0, 0.05) is 29.4 Å². The SMILES string of the molecule is O=c1n(Cc2cc3ccccc3nc2Cl)ccn1C1CC1. The second-order valence-corrected chi connectivity index (χ2v) is 5.84. The van der Waals surface area contributed by atoms with E-state index < -0.39 is 0 Å². The van der Waals surface area contributed by atoms with E-state index in [1.54, 1.807) is 4.57 Å². The number of nitrogens with zero attached hydrogens (tertiary/aromatic N) is 3. The monoisotopic (exact) mass is 299 g/mol. The highest BCUT2D eigenvalue weighted by atomic mass is 35.5. The summed E-state index contributed by atoms with van der Waals surface area (Å²) in [6, 6.07) is 10.2. The van der Waals surface area contributed by atoms with Crippen LogP contribution in [0.3, 0.4) is 0 Å². The van der Waals surface area contributed by atoms with E-state index in [-0.39, 0.29) is 5.69 Å². The van der Waals surface area contributed by atoms with E-state index >= 15 is 0 Å². The van der Waals surface area contributed by atoms with Crippen molar-refractivity contribution in [1.82, 2.24) is 14.1 Å². The number of aromatic nitrogens is 3. The first kappa shape index (κ1) is 12.7. The van der Waals surface area contributed by atoms with E-state index in [1.807, 2.05) is 47.3 Å². The van der Waals surface area contributed by atoms with Gasteiger partial charge in [-0.05, 0) is 25.0 Å². The molecule has 21 heavy (non-hydrogen) atoms. The Morgan fingerprint density at radius 1 is 1.24 bits per heavy atom. The Balaban J connectivity index is 1.73. The first-order chi connectivity index (χ1) is 10.2. The van der Waals surface area contributed by atoms with E-state index in [0.717, 1.165) is 29.3 Å². The summed E-state index contributed by atoms with van der Waals surface area (Å²) in [4.78, 5) is 16.7. The summed E-state index contributed by atoms with van der Waals surface area (Å²) in [5.74, 6) is 0. The van der Waals surface area contributed by atoms with E-state index in [1.165, 1.54) is 0 Å². The molecule has 0 spiro atoms. The molecule has 4 rings (SSSR count). The van der Waals surface area contributed by atoms with Gasteiger partial charge in [0.05, 0.1) is 12.1 Å². The molecule has 0 bridgehead atoms. The fourth-order valence-corrected chi connectivity index (χ4v) is 2.82. The first-order valence-electron chi connectivity index (χ1n) is 7.04. The first-order valence-corrected chi connectivity index (χ1v) is 7.41. The van der Waals surface area contributed by atoms with Crippen molar-refractivity contribution >= 4 is 22.5 Å². The summed E-state index contributed by atoms with van der Waals surface area (Å²) in [6.45, 7) is 0.454. The van der Waals surface area contributed by atoms with Gasteiger partial charge in [0.2, 0.25) is 0 Å². The van der Waals surface area contributed by atoms with Gasteiger partial charge in [0.25, 0.3) is 0 Å². The third-order valence-corrected chi connectivity index (χ3v) is 4.23. The normalized spacial score (nSPS) is 14.7. The third-order valence-electron chi connectivity index (χ3n) is 3.90. The van der Waals surface area contributed by atoms with Crippen LogP contribution >= 0.6 is 11.6 Å². The summed E-state index contributed by atoms with van der Waals surface area (Å²) >= 11 is 6.25. The van der Waals surface area contributed by atoms with Crippen molar-refractivity contribution in [3.63, 3.8) is 0 Å². The molecule has 4 nitrogen and oxygen atoms in total. The van der Waals surface area contributed by atoms with Crippen LogP contribution < -0.4 is 5.69 Å². The summed E-state index contributed by atoms with van der Waals surface area (Å²) < 4.78 is 3.50. The van der Waals surface area contributed by atoms with Gasteiger partial charge < -0.3 is 0 Å². The minimum absolute atomic E-state index is 0.0294. The highest BCUT2D eigenvalue weighted by Crippen LogP contribution is 2.33. The molecule has 106 valence electrons. The quantitative estimate of drug-likeness (QED) is 0.697. The van der Waals surface area contributed by atoms with Crippen LogP contribution in [-0.4, -0.2) is 14.1 Å². The molecule has 2 aromatic heterocycles. The highest BCUT2D eigenvalue weighted by Gasteiger charge is 2.25. The second-order valence-electron chi connectivity index (χ2n) is 5.48. The molecule has 0 aliphatic heterocycles. The lowest BCUT2D eigenvalue weighted by Gasteiger charge is -2.06. The molecule has 0 amide bonds. The van der Waals surface area contributed by atoms with Gasteiger partial charge in [-0.15, -0.1) is 0 Å². The fraction of sp³-hybridized carbons (Fsp3) is 0.250. The maximum atomic E-state index is 12.3. The van der Waals surface area contributed by atoms with Crippen molar-refractivity contribution in [2.75, 3.05) is 0 Å². The molecule has 0 unspecified atom stereocenters. The summed E-state index contributed by atoms with van der Waals surface area (Å²) in [6.07, 6.45) is 5.89. The average Bonchev–Trinajstić information content (AvgIpc) is 3.26. The topological polar surface area (TPSA) is 39.8 Å². The van der Waals surface area contributed by atoms with Crippen LogP contribution in [0.25, 0.3) is 10.9 Å². The average molecular weight is 300 g/mol. The Kier molecular flexibility index (Phi) is 2.86. The maximum absolute atomic E-state index is 12.3. The lowest BCUT2D eigenvalue weighted by molar-refractivity contribution is 0.656. The van der Waals surface area contributed by atoms with Crippen LogP contribution in [0.5, 0.6) is 0 Å². The molecule has 0 N–H and O–H groups in total. The number of hydrogen-bond donors (Lipinski definition) is 0. The number of para-hydroxylation sites is 1. The number of pyridine rings is 1. The van der Waals surface area contributed by atoms with E-state index in [2.05, 4.69) is 4.98 Å². The summed E-state index contributed by atoms with van der Waals surface area (Å²) in [5.41, 5.74) is 1.77. The Morgan fingerprint density at radius 3 is 2.86 bits per heavy atom. The third kappa shape index (κ3) is 2.25. The Hall–Kier alpha value is -2.07. The molecule has 0 atom stereocenters. The van der Waals surface area contributed by atoms with Crippen LogP contribution in [-0.2, 0) is 6.54 Å². The van der Waals surface area contributed by atoms with Gasteiger partial charge in [0.1, 0.15) is 5.15 Å².